The number of allylic oxidation sites excluding steroid dienone is 1. The maximum atomic E-state index is 12.2. The molecule has 0 saturated heterocycles. The molecule has 1 aromatic carbocycles. The van der Waals surface area contributed by atoms with Crippen LogP contribution in [-0.2, 0) is 16.1 Å². The minimum absolute atomic E-state index is 0.0767. The van der Waals surface area contributed by atoms with Crippen molar-refractivity contribution in [2.45, 2.75) is 32.7 Å². The highest BCUT2D eigenvalue weighted by Gasteiger charge is 2.25. The zero-order chi connectivity index (χ0) is 16.2. The maximum absolute atomic E-state index is 12.2. The smallest absolute Gasteiger partial charge is 0.224 e. The maximum Gasteiger partial charge on any atom is 0.224 e. The fourth-order valence-corrected chi connectivity index (χ4v) is 2.86. The minimum atomic E-state index is -0.155. The summed E-state index contributed by atoms with van der Waals surface area (Å²) in [5.41, 5.74) is 2.67. The van der Waals surface area contributed by atoms with E-state index in [1.54, 1.807) is 0 Å². The van der Waals surface area contributed by atoms with Gasteiger partial charge >= 0.3 is 0 Å². The largest absolute Gasteiger partial charge is 0.465 e. The van der Waals surface area contributed by atoms with E-state index in [0.29, 0.717) is 30.7 Å². The van der Waals surface area contributed by atoms with Gasteiger partial charge in [0.05, 0.1) is 13.0 Å². The van der Waals surface area contributed by atoms with E-state index in [0.717, 1.165) is 16.9 Å². The Morgan fingerprint density at radius 3 is 2.61 bits per heavy atom. The van der Waals surface area contributed by atoms with Crippen LogP contribution in [0, 0.1) is 6.92 Å². The summed E-state index contributed by atoms with van der Waals surface area (Å²) in [6.07, 6.45) is 1.33. The van der Waals surface area contributed by atoms with Crippen LogP contribution in [-0.4, -0.2) is 11.7 Å². The van der Waals surface area contributed by atoms with Crippen molar-refractivity contribution in [2.24, 2.45) is 0 Å². The van der Waals surface area contributed by atoms with E-state index >= 15 is 0 Å². The summed E-state index contributed by atoms with van der Waals surface area (Å²) < 4.78 is 5.42. The van der Waals surface area contributed by atoms with Crippen molar-refractivity contribution in [3.05, 3.63) is 65.1 Å². The molecular weight excluding hydrogens is 290 g/mol. The number of benzene rings is 1. The third-order valence-corrected chi connectivity index (χ3v) is 4.02. The molecule has 1 aliphatic rings. The molecule has 0 unspecified atom stereocenters. The van der Waals surface area contributed by atoms with E-state index in [-0.39, 0.29) is 18.1 Å². The van der Waals surface area contributed by atoms with Crippen LogP contribution in [0.15, 0.2) is 52.5 Å². The molecule has 118 valence electrons. The molecule has 0 radical (unpaired) electrons. The Hall–Kier alpha value is -2.62. The highest BCUT2D eigenvalue weighted by molar-refractivity contribution is 6.10. The molecule has 0 spiro atoms. The first-order valence-corrected chi connectivity index (χ1v) is 7.76. The molecule has 0 bridgehead atoms. The molecule has 1 amide bonds. The van der Waals surface area contributed by atoms with Crippen LogP contribution in [0.2, 0.25) is 0 Å². The number of furan rings is 1. The van der Waals surface area contributed by atoms with Gasteiger partial charge < -0.3 is 9.73 Å². The molecule has 0 atom stereocenters. The number of carbonyl (C=O) groups is 2. The van der Waals surface area contributed by atoms with Gasteiger partial charge in [-0.1, -0.05) is 30.3 Å². The predicted molar refractivity (Wildman–Crippen MR) is 87.5 cm³/mol. The number of hydrogen-bond acceptors (Lipinski definition) is 3. The number of nitrogens with one attached hydrogen (secondary N) is 1. The summed E-state index contributed by atoms with van der Waals surface area (Å²) in [5.74, 6) is 1.45. The SMILES string of the molecule is Cc1ccc(CNC(=O)CC2=C(c3ccccc3)CCC2=O)o1. The first-order valence-electron chi connectivity index (χ1n) is 7.76. The van der Waals surface area contributed by atoms with Crippen LogP contribution in [0.4, 0.5) is 0 Å². The first-order chi connectivity index (χ1) is 11.1. The molecule has 0 saturated carbocycles. The lowest BCUT2D eigenvalue weighted by atomic mass is 10.00. The van der Waals surface area contributed by atoms with Crippen molar-refractivity contribution in [3.8, 4) is 0 Å². The van der Waals surface area contributed by atoms with Crippen LogP contribution < -0.4 is 5.32 Å². The van der Waals surface area contributed by atoms with Gasteiger partial charge in [0.15, 0.2) is 5.78 Å². The zero-order valence-corrected chi connectivity index (χ0v) is 13.1. The molecule has 2 aromatic rings. The Morgan fingerprint density at radius 1 is 1.13 bits per heavy atom. The molecule has 0 fully saturated rings. The second-order valence-electron chi connectivity index (χ2n) is 5.71. The Labute approximate surface area is 135 Å². The Balaban J connectivity index is 1.69. The van der Waals surface area contributed by atoms with Gasteiger partial charge in [-0.05, 0) is 36.6 Å². The molecule has 4 heteroatoms. The third-order valence-electron chi connectivity index (χ3n) is 4.02. The summed E-state index contributed by atoms with van der Waals surface area (Å²) in [6.45, 7) is 2.20. The van der Waals surface area contributed by atoms with Gasteiger partial charge in [0.1, 0.15) is 11.5 Å². The van der Waals surface area contributed by atoms with Crippen molar-refractivity contribution in [1.29, 1.82) is 0 Å². The van der Waals surface area contributed by atoms with Crippen LogP contribution in [0.1, 0.15) is 36.3 Å². The topological polar surface area (TPSA) is 59.3 Å². The van der Waals surface area contributed by atoms with Crippen LogP contribution in [0.3, 0.4) is 0 Å². The van der Waals surface area contributed by atoms with Crippen LogP contribution >= 0.6 is 0 Å². The Kier molecular flexibility index (Phi) is 4.42. The van der Waals surface area contributed by atoms with Gasteiger partial charge in [-0.2, -0.15) is 0 Å². The standard InChI is InChI=1S/C19H19NO3/c1-13-7-8-15(23-13)12-20-19(22)11-17-16(9-10-18(17)21)14-5-3-2-4-6-14/h2-8H,9-12H2,1H3,(H,20,22). The molecule has 0 aliphatic heterocycles. The molecular formula is C19H19NO3. The molecule has 1 aromatic heterocycles. The predicted octanol–water partition coefficient (Wildman–Crippen LogP) is 3.41. The monoisotopic (exact) mass is 309 g/mol. The molecule has 4 nitrogen and oxygen atoms in total. The van der Waals surface area contributed by atoms with E-state index in [2.05, 4.69) is 5.32 Å². The number of hydrogen-bond donors (Lipinski definition) is 1. The minimum Gasteiger partial charge on any atom is -0.465 e. The number of aryl methyl sites for hydroxylation is 1. The first kappa shape index (κ1) is 15.3. The lowest BCUT2D eigenvalue weighted by molar-refractivity contribution is -0.122. The van der Waals surface area contributed by atoms with Gasteiger partial charge in [-0.3, -0.25) is 9.59 Å². The average molecular weight is 309 g/mol. The second-order valence-corrected chi connectivity index (χ2v) is 5.71. The van der Waals surface area contributed by atoms with Crippen molar-refractivity contribution >= 4 is 17.3 Å². The van der Waals surface area contributed by atoms with E-state index in [4.69, 9.17) is 4.42 Å². The number of ketones is 1. The second kappa shape index (κ2) is 6.65. The van der Waals surface area contributed by atoms with Gasteiger partial charge in [0.25, 0.3) is 0 Å². The highest BCUT2D eigenvalue weighted by atomic mass is 16.3. The molecule has 23 heavy (non-hydrogen) atoms. The van der Waals surface area contributed by atoms with Crippen molar-refractivity contribution in [2.75, 3.05) is 0 Å². The lowest BCUT2D eigenvalue weighted by Crippen LogP contribution is -2.23. The molecule has 1 aliphatic carbocycles. The van der Waals surface area contributed by atoms with Crippen LogP contribution in [0.5, 0.6) is 0 Å². The van der Waals surface area contributed by atoms with Gasteiger partial charge in [-0.25, -0.2) is 0 Å². The van der Waals surface area contributed by atoms with Crippen molar-refractivity contribution < 1.29 is 14.0 Å². The van der Waals surface area contributed by atoms with Crippen molar-refractivity contribution in [1.82, 2.24) is 5.32 Å². The summed E-state index contributed by atoms with van der Waals surface area (Å²) in [6, 6.07) is 13.5. The Bertz CT molecular complexity index is 756. The summed E-state index contributed by atoms with van der Waals surface area (Å²) in [5, 5.41) is 2.81. The summed E-state index contributed by atoms with van der Waals surface area (Å²) in [7, 11) is 0. The molecule has 3 rings (SSSR count). The number of carbonyl (C=O) groups excluding carboxylic acids is 2. The van der Waals surface area contributed by atoms with E-state index in [1.807, 2.05) is 49.4 Å². The number of Topliss-reactive ketones (excluding diaryl/α,β-unsaturated/α-hetero) is 1. The highest BCUT2D eigenvalue weighted by Crippen LogP contribution is 2.33. The molecule has 1 heterocycles. The normalized spacial score (nSPS) is 14.4. The third kappa shape index (κ3) is 3.59. The van der Waals surface area contributed by atoms with Crippen LogP contribution in [0.25, 0.3) is 5.57 Å². The molecule has 1 N–H and O–H groups in total. The fraction of sp³-hybridized carbons (Fsp3) is 0.263. The van der Waals surface area contributed by atoms with Crippen molar-refractivity contribution in [3.63, 3.8) is 0 Å². The average Bonchev–Trinajstić information content (AvgIpc) is 3.13. The lowest BCUT2D eigenvalue weighted by Gasteiger charge is -2.07. The van der Waals surface area contributed by atoms with Gasteiger partial charge in [-0.15, -0.1) is 0 Å². The van der Waals surface area contributed by atoms with Gasteiger partial charge in [0, 0.05) is 12.0 Å². The quantitative estimate of drug-likeness (QED) is 0.920. The summed E-state index contributed by atoms with van der Waals surface area (Å²) in [4.78, 5) is 24.3. The number of amides is 1. The summed E-state index contributed by atoms with van der Waals surface area (Å²) >= 11 is 0. The van der Waals surface area contributed by atoms with E-state index in [1.165, 1.54) is 0 Å². The zero-order valence-electron chi connectivity index (χ0n) is 13.1. The van der Waals surface area contributed by atoms with E-state index in [9.17, 15) is 9.59 Å². The van der Waals surface area contributed by atoms with E-state index < -0.39 is 0 Å². The Morgan fingerprint density at radius 2 is 1.91 bits per heavy atom. The fourth-order valence-electron chi connectivity index (χ4n) is 2.86. The number of rotatable bonds is 5. The van der Waals surface area contributed by atoms with Gasteiger partial charge in [0.2, 0.25) is 5.91 Å².